The Labute approximate surface area is 105 Å². The summed E-state index contributed by atoms with van der Waals surface area (Å²) in [6.07, 6.45) is 3.26. The topological polar surface area (TPSA) is 47.5 Å². The second-order valence-corrected chi connectivity index (χ2v) is 4.10. The molecular formula is C13H13N3O2. The highest BCUT2D eigenvalue weighted by Crippen LogP contribution is 2.44. The van der Waals surface area contributed by atoms with E-state index in [-0.39, 0.29) is 0 Å². The van der Waals surface area contributed by atoms with Gasteiger partial charge in [0, 0.05) is 19.5 Å². The van der Waals surface area contributed by atoms with Crippen LogP contribution in [0.25, 0.3) is 0 Å². The summed E-state index contributed by atoms with van der Waals surface area (Å²) in [5.41, 5.74) is 2.11. The molecule has 0 fully saturated rings. The summed E-state index contributed by atoms with van der Waals surface area (Å²) in [6.45, 7) is 2.45. The van der Waals surface area contributed by atoms with E-state index in [0.29, 0.717) is 18.4 Å². The van der Waals surface area contributed by atoms with Crippen molar-refractivity contribution in [2.45, 2.75) is 6.92 Å². The molecule has 18 heavy (non-hydrogen) atoms. The van der Waals surface area contributed by atoms with Crippen LogP contribution in [0.2, 0.25) is 0 Å². The molecule has 0 atom stereocenters. The van der Waals surface area contributed by atoms with Gasteiger partial charge >= 0.3 is 0 Å². The third-order valence-electron chi connectivity index (χ3n) is 2.77. The zero-order chi connectivity index (χ0) is 12.5. The largest absolute Gasteiger partial charge is 0.434 e. The number of benzene rings is 1. The molecule has 1 aliphatic heterocycles. The Kier molecular flexibility index (Phi) is 2.60. The van der Waals surface area contributed by atoms with Crippen molar-refractivity contribution < 1.29 is 9.47 Å². The molecule has 5 heteroatoms. The maximum atomic E-state index is 5.74. The molecule has 0 unspecified atom stereocenters. The van der Waals surface area contributed by atoms with Gasteiger partial charge in [-0.2, -0.15) is 0 Å². The van der Waals surface area contributed by atoms with Crippen LogP contribution in [0, 0.1) is 6.92 Å². The smallest absolute Gasteiger partial charge is 0.263 e. The quantitative estimate of drug-likeness (QED) is 0.811. The van der Waals surface area contributed by atoms with Crippen molar-refractivity contribution in [3.05, 3.63) is 36.2 Å². The molecule has 1 aromatic heterocycles. The van der Waals surface area contributed by atoms with Crippen LogP contribution in [-0.4, -0.2) is 23.8 Å². The van der Waals surface area contributed by atoms with Crippen molar-refractivity contribution in [2.75, 3.05) is 18.7 Å². The average Bonchev–Trinajstić information content (AvgIpc) is 2.39. The first-order chi connectivity index (χ1) is 8.79. The predicted molar refractivity (Wildman–Crippen MR) is 67.3 cm³/mol. The zero-order valence-corrected chi connectivity index (χ0v) is 10.3. The van der Waals surface area contributed by atoms with Crippen LogP contribution in [0.3, 0.4) is 0 Å². The first-order valence-corrected chi connectivity index (χ1v) is 5.65. The fourth-order valence-corrected chi connectivity index (χ4v) is 1.98. The molecule has 2 heterocycles. The van der Waals surface area contributed by atoms with Crippen molar-refractivity contribution in [3.63, 3.8) is 0 Å². The van der Waals surface area contributed by atoms with Crippen LogP contribution in [0.5, 0.6) is 11.6 Å². The summed E-state index contributed by atoms with van der Waals surface area (Å²) >= 11 is 0. The molecule has 0 spiro atoms. The Morgan fingerprint density at radius 1 is 1.28 bits per heavy atom. The lowest BCUT2D eigenvalue weighted by Crippen LogP contribution is -2.25. The molecule has 0 aliphatic carbocycles. The summed E-state index contributed by atoms with van der Waals surface area (Å²) in [5, 5.41) is 0. The summed E-state index contributed by atoms with van der Waals surface area (Å²) in [5.74, 6) is 1.95. The van der Waals surface area contributed by atoms with Crippen LogP contribution in [0.1, 0.15) is 5.56 Å². The molecule has 0 saturated carbocycles. The molecule has 1 aliphatic rings. The number of fused-ring (bicyclic) bond motifs is 2. The van der Waals surface area contributed by atoms with E-state index >= 15 is 0 Å². The normalized spacial score (nSPS) is 12.7. The Morgan fingerprint density at radius 3 is 2.94 bits per heavy atom. The van der Waals surface area contributed by atoms with E-state index in [1.54, 1.807) is 19.5 Å². The van der Waals surface area contributed by atoms with E-state index in [0.717, 1.165) is 17.0 Å². The van der Waals surface area contributed by atoms with Gasteiger partial charge in [0.05, 0.1) is 5.69 Å². The molecule has 5 nitrogen and oxygen atoms in total. The predicted octanol–water partition coefficient (Wildman–Crippen LogP) is 2.63. The number of rotatable bonds is 2. The monoisotopic (exact) mass is 243 g/mol. The van der Waals surface area contributed by atoms with E-state index in [4.69, 9.17) is 9.47 Å². The third-order valence-corrected chi connectivity index (χ3v) is 2.77. The van der Waals surface area contributed by atoms with E-state index in [2.05, 4.69) is 9.97 Å². The van der Waals surface area contributed by atoms with Crippen LogP contribution < -0.4 is 9.64 Å². The first-order valence-electron chi connectivity index (χ1n) is 5.65. The van der Waals surface area contributed by atoms with Gasteiger partial charge < -0.3 is 9.47 Å². The molecule has 0 radical (unpaired) electrons. The Bertz CT molecular complexity index is 586. The highest BCUT2D eigenvalue weighted by atomic mass is 16.5. The number of aromatic nitrogens is 2. The minimum absolute atomic E-state index is 0.408. The summed E-state index contributed by atoms with van der Waals surface area (Å²) in [4.78, 5) is 10.4. The number of hydrogen-bond acceptors (Lipinski definition) is 5. The molecular weight excluding hydrogens is 230 g/mol. The molecule has 3 rings (SSSR count). The van der Waals surface area contributed by atoms with E-state index in [9.17, 15) is 0 Å². The second kappa shape index (κ2) is 4.27. The molecule has 2 aromatic rings. The Morgan fingerprint density at radius 2 is 2.11 bits per heavy atom. The Balaban J connectivity index is 2.15. The van der Waals surface area contributed by atoms with Gasteiger partial charge in [-0.05, 0) is 24.6 Å². The van der Waals surface area contributed by atoms with Gasteiger partial charge in [-0.25, -0.2) is 9.97 Å². The summed E-state index contributed by atoms with van der Waals surface area (Å²) in [7, 11) is 1.65. The lowest BCUT2D eigenvalue weighted by molar-refractivity contribution is 0.203. The molecule has 0 N–H and O–H groups in total. The van der Waals surface area contributed by atoms with Crippen LogP contribution in [0.4, 0.5) is 11.5 Å². The summed E-state index contributed by atoms with van der Waals surface area (Å²) in [6, 6.07) is 5.99. The fraction of sp³-hybridized carbons (Fsp3) is 0.231. The van der Waals surface area contributed by atoms with Gasteiger partial charge in [0.25, 0.3) is 5.88 Å². The van der Waals surface area contributed by atoms with E-state index < -0.39 is 0 Å². The lowest BCUT2D eigenvalue weighted by Gasteiger charge is -2.30. The fourth-order valence-electron chi connectivity index (χ4n) is 1.98. The number of aryl methyl sites for hydroxylation is 1. The van der Waals surface area contributed by atoms with Crippen LogP contribution >= 0.6 is 0 Å². The molecule has 1 aromatic carbocycles. The number of methoxy groups -OCH3 is 1. The average molecular weight is 243 g/mol. The molecule has 92 valence electrons. The van der Waals surface area contributed by atoms with Gasteiger partial charge in [0.2, 0.25) is 0 Å². The first kappa shape index (κ1) is 11.0. The summed E-state index contributed by atoms with van der Waals surface area (Å²) < 4.78 is 11.0. The van der Waals surface area contributed by atoms with Crippen molar-refractivity contribution in [1.82, 2.24) is 9.97 Å². The molecule has 0 bridgehead atoms. The number of anilines is 2. The van der Waals surface area contributed by atoms with Gasteiger partial charge in [-0.1, -0.05) is 6.07 Å². The van der Waals surface area contributed by atoms with Gasteiger partial charge in [0.15, 0.2) is 11.6 Å². The van der Waals surface area contributed by atoms with E-state index in [1.165, 1.54) is 0 Å². The minimum Gasteiger partial charge on any atom is -0.434 e. The highest BCUT2D eigenvalue weighted by molar-refractivity contribution is 5.74. The number of hydrogen-bond donors (Lipinski definition) is 0. The van der Waals surface area contributed by atoms with Gasteiger partial charge in [-0.3, -0.25) is 4.90 Å². The van der Waals surface area contributed by atoms with Crippen LogP contribution in [0.15, 0.2) is 30.6 Å². The highest BCUT2D eigenvalue weighted by Gasteiger charge is 2.26. The van der Waals surface area contributed by atoms with Gasteiger partial charge in [-0.15, -0.1) is 0 Å². The Hall–Kier alpha value is -2.14. The third kappa shape index (κ3) is 1.69. The number of nitrogens with zero attached hydrogens (tertiary/aromatic N) is 3. The van der Waals surface area contributed by atoms with Crippen molar-refractivity contribution in [2.24, 2.45) is 0 Å². The number of ether oxygens (including phenoxy) is 2. The second-order valence-electron chi connectivity index (χ2n) is 4.10. The minimum atomic E-state index is 0.408. The van der Waals surface area contributed by atoms with Crippen molar-refractivity contribution in [1.29, 1.82) is 0 Å². The lowest BCUT2D eigenvalue weighted by atomic mass is 10.2. The molecule has 0 saturated heterocycles. The maximum Gasteiger partial charge on any atom is 0.263 e. The standard InChI is InChI=1S/C13H13N3O2/c1-9-3-4-11-10(7-9)16(8-17-2)12-13(18-11)15-6-5-14-12/h3-7H,8H2,1-2H3. The van der Waals surface area contributed by atoms with Gasteiger partial charge in [0.1, 0.15) is 6.73 Å². The van der Waals surface area contributed by atoms with Crippen LogP contribution in [-0.2, 0) is 4.74 Å². The van der Waals surface area contributed by atoms with Crippen molar-refractivity contribution >= 4 is 11.5 Å². The zero-order valence-electron chi connectivity index (χ0n) is 10.3. The maximum absolute atomic E-state index is 5.74. The van der Waals surface area contributed by atoms with E-state index in [1.807, 2.05) is 30.0 Å². The SMILES string of the molecule is COCN1c2cc(C)ccc2Oc2nccnc21. The molecule has 0 amide bonds. The van der Waals surface area contributed by atoms with Crippen molar-refractivity contribution in [3.8, 4) is 11.6 Å².